The first-order chi connectivity index (χ1) is 6.43. The molecule has 2 N–H and O–H groups in total. The molecule has 0 rings (SSSR count). The first-order valence-corrected chi connectivity index (χ1v) is 5.14. The summed E-state index contributed by atoms with van der Waals surface area (Å²) >= 11 is 0. The van der Waals surface area contributed by atoms with Crippen LogP contribution in [0.1, 0.15) is 27.2 Å². The average Bonchev–Trinajstić information content (AvgIpc) is 2.01. The zero-order chi connectivity index (χ0) is 11.1. The smallest absolute Gasteiger partial charge is 0.238 e. The number of carbonyl (C=O) groups excluding carboxylic acids is 1. The lowest BCUT2D eigenvalue weighted by atomic mass is 10.1. The molecule has 14 heavy (non-hydrogen) atoms. The van der Waals surface area contributed by atoms with E-state index in [4.69, 9.17) is 0 Å². The first kappa shape index (κ1) is 13.4. The zero-order valence-electron chi connectivity index (χ0n) is 9.92. The Bertz CT molecular complexity index is 169. The van der Waals surface area contributed by atoms with Gasteiger partial charge in [0.05, 0.1) is 6.04 Å². The van der Waals surface area contributed by atoms with Gasteiger partial charge in [-0.1, -0.05) is 13.8 Å². The number of hydrogen-bond donors (Lipinski definition) is 2. The monoisotopic (exact) mass is 201 g/mol. The molecular formula is C10H23N3O. The molecule has 0 spiro atoms. The normalized spacial score (nSPS) is 13.4. The quantitative estimate of drug-likeness (QED) is 0.619. The van der Waals surface area contributed by atoms with E-state index in [9.17, 15) is 4.79 Å². The van der Waals surface area contributed by atoms with E-state index in [1.165, 1.54) is 0 Å². The summed E-state index contributed by atoms with van der Waals surface area (Å²) in [7, 11) is 3.75. The molecule has 1 atom stereocenters. The predicted molar refractivity (Wildman–Crippen MR) is 58.7 cm³/mol. The van der Waals surface area contributed by atoms with Crippen molar-refractivity contribution in [2.75, 3.05) is 20.6 Å². The molecule has 0 aliphatic heterocycles. The maximum Gasteiger partial charge on any atom is 0.238 e. The fourth-order valence-corrected chi connectivity index (χ4v) is 1.08. The van der Waals surface area contributed by atoms with Crippen molar-refractivity contribution in [3.8, 4) is 0 Å². The van der Waals surface area contributed by atoms with E-state index in [1.54, 1.807) is 5.01 Å². The van der Waals surface area contributed by atoms with Crippen LogP contribution in [0, 0.1) is 5.92 Å². The molecule has 0 aliphatic rings. The summed E-state index contributed by atoms with van der Waals surface area (Å²) in [5, 5.41) is 4.68. The largest absolute Gasteiger partial charge is 0.355 e. The highest BCUT2D eigenvalue weighted by Gasteiger charge is 2.11. The molecule has 0 bridgehead atoms. The molecule has 1 amide bonds. The minimum absolute atomic E-state index is 0.0550. The zero-order valence-corrected chi connectivity index (χ0v) is 9.92. The van der Waals surface area contributed by atoms with Crippen molar-refractivity contribution >= 4 is 5.91 Å². The Morgan fingerprint density at radius 1 is 1.29 bits per heavy atom. The van der Waals surface area contributed by atoms with Crippen LogP contribution in [0.4, 0.5) is 0 Å². The second-order valence-electron chi connectivity index (χ2n) is 4.22. The molecular weight excluding hydrogens is 178 g/mol. The van der Waals surface area contributed by atoms with E-state index >= 15 is 0 Å². The van der Waals surface area contributed by atoms with Gasteiger partial charge in [0.25, 0.3) is 0 Å². The summed E-state index contributed by atoms with van der Waals surface area (Å²) < 4.78 is 0. The van der Waals surface area contributed by atoms with Gasteiger partial charge >= 0.3 is 0 Å². The van der Waals surface area contributed by atoms with E-state index in [1.807, 2.05) is 21.0 Å². The van der Waals surface area contributed by atoms with Gasteiger partial charge in [-0.3, -0.25) is 4.79 Å². The van der Waals surface area contributed by atoms with Crippen molar-refractivity contribution in [3.05, 3.63) is 0 Å². The first-order valence-electron chi connectivity index (χ1n) is 5.14. The lowest BCUT2D eigenvalue weighted by Gasteiger charge is -2.18. The van der Waals surface area contributed by atoms with Crippen LogP contribution < -0.4 is 10.7 Å². The van der Waals surface area contributed by atoms with Crippen LogP contribution >= 0.6 is 0 Å². The number of nitrogens with zero attached hydrogens (tertiary/aromatic N) is 1. The second kappa shape index (κ2) is 6.79. The van der Waals surface area contributed by atoms with Crippen molar-refractivity contribution in [1.29, 1.82) is 0 Å². The van der Waals surface area contributed by atoms with E-state index in [-0.39, 0.29) is 11.9 Å². The predicted octanol–water partition coefficient (Wildman–Crippen LogP) is 0.603. The number of carbonyl (C=O) groups is 1. The Morgan fingerprint density at radius 3 is 2.29 bits per heavy atom. The van der Waals surface area contributed by atoms with Crippen molar-refractivity contribution < 1.29 is 4.79 Å². The Hall–Kier alpha value is -0.610. The molecule has 0 radical (unpaired) electrons. The van der Waals surface area contributed by atoms with Crippen LogP contribution in [0.5, 0.6) is 0 Å². The third-order valence-corrected chi connectivity index (χ3v) is 1.87. The number of rotatable bonds is 6. The van der Waals surface area contributed by atoms with Gasteiger partial charge in [-0.05, 0) is 19.3 Å². The van der Waals surface area contributed by atoms with E-state index < -0.39 is 0 Å². The van der Waals surface area contributed by atoms with Crippen LogP contribution in [0.25, 0.3) is 0 Å². The summed E-state index contributed by atoms with van der Waals surface area (Å²) in [6.45, 7) is 6.90. The topological polar surface area (TPSA) is 44.4 Å². The fourth-order valence-electron chi connectivity index (χ4n) is 1.08. The number of hydrogen-bond acceptors (Lipinski definition) is 3. The molecule has 0 aromatic heterocycles. The third-order valence-electron chi connectivity index (χ3n) is 1.87. The molecule has 0 saturated heterocycles. The lowest BCUT2D eigenvalue weighted by molar-refractivity contribution is -0.123. The highest BCUT2D eigenvalue weighted by Crippen LogP contribution is 1.96. The summed E-state index contributed by atoms with van der Waals surface area (Å²) in [6, 6.07) is -0.169. The Balaban J connectivity index is 3.62. The van der Waals surface area contributed by atoms with Gasteiger partial charge in [0.15, 0.2) is 0 Å². The maximum absolute atomic E-state index is 11.5. The highest BCUT2D eigenvalue weighted by molar-refractivity contribution is 5.81. The van der Waals surface area contributed by atoms with E-state index in [0.29, 0.717) is 5.92 Å². The second-order valence-corrected chi connectivity index (χ2v) is 4.22. The van der Waals surface area contributed by atoms with Crippen molar-refractivity contribution in [2.24, 2.45) is 5.92 Å². The summed E-state index contributed by atoms with van der Waals surface area (Å²) in [4.78, 5) is 11.5. The van der Waals surface area contributed by atoms with Crippen LogP contribution in [0.3, 0.4) is 0 Å². The molecule has 0 aliphatic carbocycles. The van der Waals surface area contributed by atoms with Gasteiger partial charge < -0.3 is 5.32 Å². The van der Waals surface area contributed by atoms with Crippen molar-refractivity contribution in [1.82, 2.24) is 15.8 Å². The average molecular weight is 201 g/mol. The molecule has 0 heterocycles. The number of nitrogens with one attached hydrogen (secondary N) is 2. The third kappa shape index (κ3) is 6.86. The summed E-state index contributed by atoms with van der Waals surface area (Å²) in [5.41, 5.74) is 3.00. The maximum atomic E-state index is 11.5. The number of amides is 1. The van der Waals surface area contributed by atoms with Gasteiger partial charge in [0.1, 0.15) is 0 Å². The fraction of sp³-hybridized carbons (Fsp3) is 0.900. The molecule has 4 heteroatoms. The van der Waals surface area contributed by atoms with Gasteiger partial charge in [-0.2, -0.15) is 0 Å². The number of hydrazine groups is 1. The molecule has 84 valence electrons. The minimum atomic E-state index is -0.169. The van der Waals surface area contributed by atoms with Crippen LogP contribution in [-0.2, 0) is 4.79 Å². The van der Waals surface area contributed by atoms with Gasteiger partial charge in [-0.25, -0.2) is 10.4 Å². The van der Waals surface area contributed by atoms with Gasteiger partial charge in [-0.15, -0.1) is 0 Å². The Labute approximate surface area is 87.0 Å². The molecule has 0 saturated carbocycles. The van der Waals surface area contributed by atoms with Crippen molar-refractivity contribution in [3.63, 3.8) is 0 Å². The highest BCUT2D eigenvalue weighted by atomic mass is 16.2. The van der Waals surface area contributed by atoms with Crippen molar-refractivity contribution in [2.45, 2.75) is 33.2 Å². The summed E-state index contributed by atoms with van der Waals surface area (Å²) in [6.07, 6.45) is 1.03. The van der Waals surface area contributed by atoms with Crippen LogP contribution in [0.2, 0.25) is 0 Å². The minimum Gasteiger partial charge on any atom is -0.355 e. The summed E-state index contributed by atoms with van der Waals surface area (Å²) in [5.74, 6) is 0.687. The lowest BCUT2D eigenvalue weighted by Crippen LogP contribution is -2.47. The SMILES string of the molecule is CC(C)CCNC(=O)C(C)NN(C)C. The van der Waals surface area contributed by atoms with E-state index in [0.717, 1.165) is 13.0 Å². The standard InChI is InChI=1S/C10H23N3O/c1-8(2)6-7-11-10(14)9(3)12-13(4)5/h8-9,12H,6-7H2,1-5H3,(H,11,14). The van der Waals surface area contributed by atoms with Gasteiger partial charge in [0.2, 0.25) is 5.91 Å². The van der Waals surface area contributed by atoms with Crippen LogP contribution in [0.15, 0.2) is 0 Å². The van der Waals surface area contributed by atoms with Gasteiger partial charge in [0, 0.05) is 20.6 Å². The Kier molecular flexibility index (Phi) is 6.49. The Morgan fingerprint density at radius 2 is 1.86 bits per heavy atom. The van der Waals surface area contributed by atoms with E-state index in [2.05, 4.69) is 24.6 Å². The molecule has 0 aromatic carbocycles. The van der Waals surface area contributed by atoms with Crippen LogP contribution in [-0.4, -0.2) is 37.6 Å². The molecule has 0 fully saturated rings. The molecule has 1 unspecified atom stereocenters. The molecule has 4 nitrogen and oxygen atoms in total. The molecule has 0 aromatic rings.